The molecule has 0 N–H and O–H groups in total. The van der Waals surface area contributed by atoms with Crippen molar-refractivity contribution in [1.82, 2.24) is 4.31 Å². The number of carbonyl (C=O) groups is 1. The minimum atomic E-state index is -4.03. The van der Waals surface area contributed by atoms with Crippen LogP contribution in [-0.4, -0.2) is 25.2 Å². The Hall–Kier alpha value is -0.300. The van der Waals surface area contributed by atoms with Crippen molar-refractivity contribution in [2.24, 2.45) is 11.8 Å². The number of hydrogen-bond donors (Lipinski definition) is 0. The highest BCUT2D eigenvalue weighted by atomic mass is 79.9. The molecule has 0 aromatic heterocycles. The minimum Gasteiger partial charge on any atom is -0.274 e. The molecule has 0 saturated carbocycles. The molecule has 0 spiro atoms. The van der Waals surface area contributed by atoms with Crippen molar-refractivity contribution in [2.45, 2.75) is 25.2 Å². The van der Waals surface area contributed by atoms with Gasteiger partial charge in [0.05, 0.1) is 10.0 Å². The first kappa shape index (κ1) is 17.1. The van der Waals surface area contributed by atoms with Crippen molar-refractivity contribution in [2.75, 3.05) is 6.54 Å². The van der Waals surface area contributed by atoms with Crippen LogP contribution in [-0.2, 0) is 14.8 Å². The lowest BCUT2D eigenvalue weighted by atomic mass is 9.95. The Morgan fingerprint density at radius 1 is 1.29 bits per heavy atom. The lowest BCUT2D eigenvalue weighted by Crippen LogP contribution is -2.33. The minimum absolute atomic E-state index is 0.00447. The summed E-state index contributed by atoms with van der Waals surface area (Å²) in [6.07, 6.45) is 0.225. The SMILES string of the molecule is CC(C)C1CC(=O)N(S(=O)(=O)c2c(Cl)cc(Br)cc2Cl)C1. The molecule has 0 aliphatic carbocycles. The maximum Gasteiger partial charge on any atom is 0.269 e. The van der Waals surface area contributed by atoms with Gasteiger partial charge in [0, 0.05) is 17.4 Å². The molecule has 2 rings (SSSR count). The Kier molecular flexibility index (Phi) is 4.93. The average molecular weight is 415 g/mol. The van der Waals surface area contributed by atoms with Gasteiger partial charge < -0.3 is 0 Å². The number of nitrogens with zero attached hydrogens (tertiary/aromatic N) is 1. The Labute approximate surface area is 142 Å². The van der Waals surface area contributed by atoms with Gasteiger partial charge in [0.2, 0.25) is 5.91 Å². The summed E-state index contributed by atoms with van der Waals surface area (Å²) < 4.78 is 26.8. The highest BCUT2D eigenvalue weighted by Crippen LogP contribution is 2.37. The van der Waals surface area contributed by atoms with E-state index in [-0.39, 0.29) is 39.7 Å². The molecule has 1 fully saturated rings. The van der Waals surface area contributed by atoms with Gasteiger partial charge in [-0.15, -0.1) is 0 Å². The topological polar surface area (TPSA) is 54.5 Å². The van der Waals surface area contributed by atoms with Crippen LogP contribution in [0, 0.1) is 11.8 Å². The zero-order valence-electron chi connectivity index (χ0n) is 11.4. The monoisotopic (exact) mass is 413 g/mol. The van der Waals surface area contributed by atoms with Crippen molar-refractivity contribution < 1.29 is 13.2 Å². The fourth-order valence-corrected chi connectivity index (χ4v) is 5.62. The van der Waals surface area contributed by atoms with E-state index >= 15 is 0 Å². The third-order valence-electron chi connectivity index (χ3n) is 3.57. The Balaban J connectivity index is 2.47. The van der Waals surface area contributed by atoms with Gasteiger partial charge in [0.25, 0.3) is 10.0 Å². The standard InChI is InChI=1S/C13H14BrCl2NO3S/c1-7(2)8-3-12(18)17(6-8)21(19,20)13-10(15)4-9(14)5-11(13)16/h4-5,7-8H,3,6H2,1-2H3. The van der Waals surface area contributed by atoms with Crippen LogP contribution < -0.4 is 0 Å². The zero-order valence-corrected chi connectivity index (χ0v) is 15.4. The first-order valence-corrected chi connectivity index (χ1v) is 9.33. The van der Waals surface area contributed by atoms with Gasteiger partial charge in [-0.1, -0.05) is 53.0 Å². The van der Waals surface area contributed by atoms with Crippen LogP contribution in [0.25, 0.3) is 0 Å². The van der Waals surface area contributed by atoms with Crippen LogP contribution in [0.4, 0.5) is 0 Å². The summed E-state index contributed by atoms with van der Waals surface area (Å²) in [7, 11) is -4.03. The van der Waals surface area contributed by atoms with Crippen LogP contribution in [0.15, 0.2) is 21.5 Å². The smallest absolute Gasteiger partial charge is 0.269 e. The van der Waals surface area contributed by atoms with Gasteiger partial charge in [0.1, 0.15) is 4.90 Å². The molecule has 1 aliphatic heterocycles. The fraction of sp³-hybridized carbons (Fsp3) is 0.462. The number of amides is 1. The molecular weight excluding hydrogens is 401 g/mol. The second-order valence-corrected chi connectivity index (χ2v) is 8.87. The second kappa shape index (κ2) is 6.07. The van der Waals surface area contributed by atoms with Gasteiger partial charge in [0.15, 0.2) is 0 Å². The maximum absolute atomic E-state index is 12.7. The summed E-state index contributed by atoms with van der Waals surface area (Å²) in [6, 6.07) is 2.89. The molecule has 1 heterocycles. The molecule has 1 aromatic carbocycles. The summed E-state index contributed by atoms with van der Waals surface area (Å²) in [6.45, 7) is 4.10. The number of sulfonamides is 1. The van der Waals surface area contributed by atoms with Crippen molar-refractivity contribution in [3.05, 3.63) is 26.7 Å². The molecule has 8 heteroatoms. The molecule has 4 nitrogen and oxygen atoms in total. The van der Waals surface area contributed by atoms with E-state index in [9.17, 15) is 13.2 Å². The van der Waals surface area contributed by atoms with Gasteiger partial charge >= 0.3 is 0 Å². The van der Waals surface area contributed by atoms with Crippen LogP contribution in [0.1, 0.15) is 20.3 Å². The Morgan fingerprint density at radius 3 is 2.24 bits per heavy atom. The quantitative estimate of drug-likeness (QED) is 0.752. The molecular formula is C13H14BrCl2NO3S. The summed E-state index contributed by atoms with van der Waals surface area (Å²) in [5, 5.41) is -0.00894. The van der Waals surface area contributed by atoms with Crippen molar-refractivity contribution in [3.8, 4) is 0 Å². The van der Waals surface area contributed by atoms with E-state index in [1.165, 1.54) is 12.1 Å². The van der Waals surface area contributed by atoms with Gasteiger partial charge in [-0.05, 0) is 24.0 Å². The van der Waals surface area contributed by atoms with Crippen LogP contribution in [0.5, 0.6) is 0 Å². The van der Waals surface area contributed by atoms with E-state index < -0.39 is 15.9 Å². The van der Waals surface area contributed by atoms with Crippen molar-refractivity contribution in [3.63, 3.8) is 0 Å². The molecule has 0 bridgehead atoms. The molecule has 1 unspecified atom stereocenters. The van der Waals surface area contributed by atoms with E-state index in [4.69, 9.17) is 23.2 Å². The van der Waals surface area contributed by atoms with E-state index in [0.29, 0.717) is 4.47 Å². The molecule has 21 heavy (non-hydrogen) atoms. The highest BCUT2D eigenvalue weighted by Gasteiger charge is 2.41. The molecule has 116 valence electrons. The zero-order chi connectivity index (χ0) is 15.9. The van der Waals surface area contributed by atoms with Gasteiger partial charge in [-0.2, -0.15) is 0 Å². The van der Waals surface area contributed by atoms with E-state index in [1.54, 1.807) is 0 Å². The molecule has 1 saturated heterocycles. The number of benzene rings is 1. The van der Waals surface area contributed by atoms with E-state index in [0.717, 1.165) is 4.31 Å². The van der Waals surface area contributed by atoms with E-state index in [1.807, 2.05) is 13.8 Å². The van der Waals surface area contributed by atoms with Crippen LogP contribution >= 0.6 is 39.1 Å². The summed E-state index contributed by atoms with van der Waals surface area (Å²) in [5.74, 6) is -0.172. The summed E-state index contributed by atoms with van der Waals surface area (Å²) in [5.41, 5.74) is 0. The Morgan fingerprint density at radius 2 is 1.81 bits per heavy atom. The number of carbonyl (C=O) groups excluding carboxylic acids is 1. The second-order valence-electron chi connectivity index (χ2n) is 5.34. The summed E-state index contributed by atoms with van der Waals surface area (Å²) in [4.78, 5) is 11.8. The molecule has 1 atom stereocenters. The Bertz CT molecular complexity index is 668. The average Bonchev–Trinajstić information content (AvgIpc) is 2.70. The molecule has 1 aromatic rings. The summed E-state index contributed by atoms with van der Waals surface area (Å²) >= 11 is 15.2. The van der Waals surface area contributed by atoms with Gasteiger partial charge in [-0.25, -0.2) is 12.7 Å². The maximum atomic E-state index is 12.7. The largest absolute Gasteiger partial charge is 0.274 e. The predicted octanol–water partition coefficient (Wildman–Crippen LogP) is 3.95. The van der Waals surface area contributed by atoms with Crippen LogP contribution in [0.2, 0.25) is 10.0 Å². The van der Waals surface area contributed by atoms with Crippen molar-refractivity contribution in [1.29, 1.82) is 0 Å². The predicted molar refractivity (Wildman–Crippen MR) is 86.0 cm³/mol. The number of rotatable bonds is 3. The van der Waals surface area contributed by atoms with Crippen LogP contribution in [0.3, 0.4) is 0 Å². The number of halogens is 3. The van der Waals surface area contributed by atoms with Gasteiger partial charge in [-0.3, -0.25) is 4.79 Å². The molecule has 0 radical (unpaired) electrons. The first-order valence-electron chi connectivity index (χ1n) is 6.34. The highest BCUT2D eigenvalue weighted by molar-refractivity contribution is 9.10. The van der Waals surface area contributed by atoms with E-state index in [2.05, 4.69) is 15.9 Å². The lowest BCUT2D eigenvalue weighted by molar-refractivity contribution is -0.123. The third-order valence-corrected chi connectivity index (χ3v) is 6.74. The molecule has 1 amide bonds. The van der Waals surface area contributed by atoms with Crippen molar-refractivity contribution >= 4 is 55.1 Å². The number of hydrogen-bond acceptors (Lipinski definition) is 3. The fourth-order valence-electron chi connectivity index (χ4n) is 2.27. The lowest BCUT2D eigenvalue weighted by Gasteiger charge is -2.19. The molecule has 1 aliphatic rings. The normalized spacial score (nSPS) is 19.6. The third kappa shape index (κ3) is 3.23. The first-order chi connectivity index (χ1) is 9.64.